The van der Waals surface area contributed by atoms with E-state index in [0.29, 0.717) is 11.1 Å². The number of rotatable bonds is 11. The molecule has 0 aliphatic heterocycles. The minimum atomic E-state index is -0.124. The van der Waals surface area contributed by atoms with Crippen LogP contribution in [0.15, 0.2) is 229 Å². The first-order valence-corrected chi connectivity index (χ1v) is 26.3. The van der Waals surface area contributed by atoms with Crippen molar-refractivity contribution in [3.8, 4) is 22.6 Å². The zero-order chi connectivity index (χ0) is 54.0. The molecule has 0 aromatic heterocycles. The van der Waals surface area contributed by atoms with E-state index < -0.39 is 0 Å². The molecule has 4 N–H and O–H groups in total. The Hall–Kier alpha value is -8.39. The number of nitrogens with one attached hydrogen (secondary N) is 4. The molecular weight excluding hydrogens is 1000 g/mol. The Morgan fingerprint density at radius 1 is 0.303 bits per heavy atom. The largest absolute Gasteiger partial charge is 0.457 e. The van der Waals surface area contributed by atoms with Crippen LogP contribution in [-0.4, -0.2) is 0 Å². The molecule has 0 unspecified atom stereocenters. The van der Waals surface area contributed by atoms with Gasteiger partial charge in [-0.05, 0) is 255 Å². The lowest BCUT2D eigenvalue weighted by atomic mass is 10.1. The fourth-order valence-electron chi connectivity index (χ4n) is 8.65. The molecule has 10 aromatic carbocycles. The fourth-order valence-corrected chi connectivity index (χ4v) is 9.04. The van der Waals surface area contributed by atoms with Crippen LogP contribution >= 0.6 is 15.9 Å². The molecule has 384 valence electrons. The van der Waals surface area contributed by atoms with E-state index >= 15 is 0 Å². The molecule has 0 saturated heterocycles. The van der Waals surface area contributed by atoms with E-state index in [9.17, 15) is 4.39 Å². The normalized spacial score (nSPS) is 10.3. The van der Waals surface area contributed by atoms with Crippen molar-refractivity contribution in [1.82, 2.24) is 0 Å². The second kappa shape index (κ2) is 27.2. The summed E-state index contributed by atoms with van der Waals surface area (Å²) in [5.41, 5.74) is 21.1. The number of para-hydroxylation sites is 2. The van der Waals surface area contributed by atoms with Crippen LogP contribution in [0.1, 0.15) is 50.1 Å². The predicted molar refractivity (Wildman–Crippen MR) is 327 cm³/mol. The highest BCUT2D eigenvalue weighted by molar-refractivity contribution is 9.10. The van der Waals surface area contributed by atoms with Gasteiger partial charge in [-0.3, -0.25) is 0 Å². The molecule has 10 aromatic rings. The van der Waals surface area contributed by atoms with E-state index in [2.05, 4.69) is 213 Å². The standard InChI is InChI=1S/C20H19NO.C20H19N.C16H18FN.C13H12BrN/c1-15-12-16(2)14-18(13-15)21-17-8-10-20(11-9-17)22-19-6-4-3-5-7-19;1-15-11-16(2)13-20(12-15)21-19-10-6-9-18(14-19)17-7-4-3-5-8-17;1-10-5-11(2)7-14(6-10)18-15-8-12(3)16(17)13(4)9-15;1-10-6-8-11(9-7-10)15-13-5-3-2-4-12(13)14/h3-14,21H,1-2H3;3-14,21H,1-2H3;5-9,18H,1-4H3;2-9,15H,1H3. The van der Waals surface area contributed by atoms with Crippen LogP contribution in [0.25, 0.3) is 11.1 Å². The van der Waals surface area contributed by atoms with E-state index in [0.717, 1.165) is 61.5 Å². The molecule has 0 aliphatic rings. The molecule has 0 spiro atoms. The van der Waals surface area contributed by atoms with Gasteiger partial charge in [0, 0.05) is 44.3 Å². The number of halogens is 2. The lowest BCUT2D eigenvalue weighted by Crippen LogP contribution is -1.95. The van der Waals surface area contributed by atoms with Crippen LogP contribution in [0, 0.1) is 68.1 Å². The molecule has 0 radical (unpaired) electrons. The van der Waals surface area contributed by atoms with Crippen LogP contribution < -0.4 is 26.0 Å². The molecule has 7 heteroatoms. The smallest absolute Gasteiger partial charge is 0.129 e. The highest BCUT2D eigenvalue weighted by Crippen LogP contribution is 2.29. The lowest BCUT2D eigenvalue weighted by Gasteiger charge is -2.11. The number of ether oxygens (including phenoxy) is 1. The molecule has 0 saturated carbocycles. The van der Waals surface area contributed by atoms with E-state index in [1.54, 1.807) is 13.8 Å². The average molecular weight is 1070 g/mol. The number of hydrogen-bond acceptors (Lipinski definition) is 5. The van der Waals surface area contributed by atoms with Crippen molar-refractivity contribution in [3.05, 3.63) is 285 Å². The first-order valence-electron chi connectivity index (χ1n) is 25.5. The molecule has 0 bridgehead atoms. The zero-order valence-corrected chi connectivity index (χ0v) is 46.6. The highest BCUT2D eigenvalue weighted by atomic mass is 79.9. The summed E-state index contributed by atoms with van der Waals surface area (Å²) in [5.74, 6) is 1.55. The van der Waals surface area contributed by atoms with E-state index in [1.807, 2.05) is 97.1 Å². The Morgan fingerprint density at radius 3 is 1.21 bits per heavy atom. The van der Waals surface area contributed by atoms with Gasteiger partial charge < -0.3 is 26.0 Å². The van der Waals surface area contributed by atoms with Gasteiger partial charge in [0.05, 0.1) is 5.69 Å². The highest BCUT2D eigenvalue weighted by Gasteiger charge is 2.06. The SMILES string of the molecule is Cc1cc(C)cc(Nc2cc(C)c(F)c(C)c2)c1.Cc1cc(C)cc(Nc2ccc(Oc3ccccc3)cc2)c1.Cc1cc(C)cc(Nc2cccc(-c3ccccc3)c2)c1.Cc1ccc(Nc2ccccc2Br)cc1. The van der Waals surface area contributed by atoms with Crippen LogP contribution in [0.2, 0.25) is 0 Å². The molecule has 0 aliphatic carbocycles. The van der Waals surface area contributed by atoms with Gasteiger partial charge in [-0.25, -0.2) is 4.39 Å². The van der Waals surface area contributed by atoms with Crippen molar-refractivity contribution >= 4 is 61.4 Å². The molecule has 0 amide bonds. The van der Waals surface area contributed by atoms with Gasteiger partial charge >= 0.3 is 0 Å². The minimum absolute atomic E-state index is 0.124. The summed E-state index contributed by atoms with van der Waals surface area (Å²) in [4.78, 5) is 0. The van der Waals surface area contributed by atoms with E-state index in [4.69, 9.17) is 4.74 Å². The van der Waals surface area contributed by atoms with Crippen molar-refractivity contribution in [2.75, 3.05) is 21.3 Å². The van der Waals surface area contributed by atoms with Crippen LogP contribution in [0.3, 0.4) is 0 Å². The average Bonchev–Trinajstić information content (AvgIpc) is 3.38. The Kier molecular flexibility index (Phi) is 19.8. The minimum Gasteiger partial charge on any atom is -0.457 e. The molecule has 0 fully saturated rings. The summed E-state index contributed by atoms with van der Waals surface area (Å²) in [6.45, 7) is 18.3. The van der Waals surface area contributed by atoms with E-state index in [1.165, 1.54) is 50.1 Å². The fraction of sp³-hybridized carbons (Fsp3) is 0.130. The maximum atomic E-state index is 13.5. The molecule has 5 nitrogen and oxygen atoms in total. The number of benzene rings is 10. The number of hydrogen-bond donors (Lipinski definition) is 4. The summed E-state index contributed by atoms with van der Waals surface area (Å²) in [7, 11) is 0. The number of anilines is 8. The zero-order valence-electron chi connectivity index (χ0n) is 45.0. The first kappa shape index (κ1) is 55.4. The van der Waals surface area contributed by atoms with Gasteiger partial charge in [-0.1, -0.05) is 109 Å². The van der Waals surface area contributed by atoms with Gasteiger partial charge in [0.2, 0.25) is 0 Å². The predicted octanol–water partition coefficient (Wildman–Crippen LogP) is 20.9. The molecule has 0 atom stereocenters. The Morgan fingerprint density at radius 2 is 0.697 bits per heavy atom. The quantitative estimate of drug-likeness (QED) is 0.104. The summed E-state index contributed by atoms with van der Waals surface area (Å²) in [6.07, 6.45) is 0. The van der Waals surface area contributed by atoms with Gasteiger partial charge in [-0.2, -0.15) is 0 Å². The van der Waals surface area contributed by atoms with Crippen molar-refractivity contribution in [3.63, 3.8) is 0 Å². The maximum Gasteiger partial charge on any atom is 0.129 e. The first-order chi connectivity index (χ1) is 36.6. The van der Waals surface area contributed by atoms with Crippen molar-refractivity contribution in [2.45, 2.75) is 62.3 Å². The van der Waals surface area contributed by atoms with Crippen LogP contribution in [0.4, 0.5) is 49.9 Å². The molecule has 0 heterocycles. The van der Waals surface area contributed by atoms with Crippen molar-refractivity contribution in [2.24, 2.45) is 0 Å². The second-order valence-electron chi connectivity index (χ2n) is 19.3. The summed E-state index contributed by atoms with van der Waals surface area (Å²) in [6, 6.07) is 76.1. The van der Waals surface area contributed by atoms with Crippen molar-refractivity contribution in [1.29, 1.82) is 0 Å². The van der Waals surface area contributed by atoms with Gasteiger partial charge in [-0.15, -0.1) is 0 Å². The van der Waals surface area contributed by atoms with Crippen molar-refractivity contribution < 1.29 is 9.13 Å². The molecular formula is C69H68BrFN4O. The summed E-state index contributed by atoms with van der Waals surface area (Å²) >= 11 is 3.51. The lowest BCUT2D eigenvalue weighted by molar-refractivity contribution is 0.483. The third-order valence-electron chi connectivity index (χ3n) is 12.0. The van der Waals surface area contributed by atoms with E-state index in [-0.39, 0.29) is 5.82 Å². The third kappa shape index (κ3) is 17.6. The summed E-state index contributed by atoms with van der Waals surface area (Å²) < 4.78 is 20.4. The van der Waals surface area contributed by atoms with Gasteiger partial charge in [0.15, 0.2) is 0 Å². The van der Waals surface area contributed by atoms with Gasteiger partial charge in [0.25, 0.3) is 0 Å². The van der Waals surface area contributed by atoms with Crippen LogP contribution in [-0.2, 0) is 0 Å². The Balaban J connectivity index is 0.000000149. The topological polar surface area (TPSA) is 57.4 Å². The second-order valence-corrected chi connectivity index (χ2v) is 20.1. The molecule has 10 rings (SSSR count). The van der Waals surface area contributed by atoms with Gasteiger partial charge in [0.1, 0.15) is 17.3 Å². The monoisotopic (exact) mass is 1070 g/mol. The van der Waals surface area contributed by atoms with Crippen LogP contribution in [0.5, 0.6) is 11.5 Å². The Bertz CT molecular complexity index is 3370. The Labute approximate surface area is 459 Å². The maximum absolute atomic E-state index is 13.5. The third-order valence-corrected chi connectivity index (χ3v) is 12.7. The molecule has 76 heavy (non-hydrogen) atoms. The summed E-state index contributed by atoms with van der Waals surface area (Å²) in [5, 5.41) is 13.6. The number of aryl methyl sites for hydroxylation is 9.